The quantitative estimate of drug-likeness (QED) is 0.767. The molecule has 0 unspecified atom stereocenters. The highest BCUT2D eigenvalue weighted by Crippen LogP contribution is 2.25. The number of aliphatic hydroxyl groups excluding tert-OH is 1. The van der Waals surface area contributed by atoms with Gasteiger partial charge < -0.3 is 14.8 Å². The van der Waals surface area contributed by atoms with Crippen molar-refractivity contribution in [3.63, 3.8) is 0 Å². The maximum atomic E-state index is 12.4. The summed E-state index contributed by atoms with van der Waals surface area (Å²) in [6.07, 6.45) is 0. The van der Waals surface area contributed by atoms with Gasteiger partial charge in [-0.2, -0.15) is 0 Å². The van der Waals surface area contributed by atoms with Crippen molar-refractivity contribution >= 4 is 16.9 Å². The zero-order valence-electron chi connectivity index (χ0n) is 14.1. The first-order chi connectivity index (χ1) is 12.0. The van der Waals surface area contributed by atoms with Gasteiger partial charge >= 0.3 is 0 Å². The van der Waals surface area contributed by atoms with Crippen LogP contribution < -0.4 is 10.7 Å². The number of hydrogen-bond donors (Lipinski definition) is 2. The zero-order valence-corrected chi connectivity index (χ0v) is 14.1. The Balaban J connectivity index is 1.99. The highest BCUT2D eigenvalue weighted by atomic mass is 16.3. The summed E-state index contributed by atoms with van der Waals surface area (Å²) in [5, 5.41) is 11.9. The molecular formula is C20H19NO4. The third-order valence-corrected chi connectivity index (χ3v) is 3.99. The average Bonchev–Trinajstić information content (AvgIpc) is 2.60. The first kappa shape index (κ1) is 16.9. The van der Waals surface area contributed by atoms with Crippen molar-refractivity contribution in [2.75, 3.05) is 13.2 Å². The molecule has 0 aliphatic carbocycles. The van der Waals surface area contributed by atoms with E-state index in [0.717, 1.165) is 16.7 Å². The van der Waals surface area contributed by atoms with Crippen LogP contribution in [0, 0.1) is 13.8 Å². The molecule has 1 amide bonds. The standard InChI is InChI=1S/C20H19NO4/c1-12-9-13(2)19-16(10-12)17(23)11-18(25-19)14-3-5-15(6-4-14)20(24)21-7-8-22/h3-6,9-11,22H,7-8H2,1-2H3,(H,21,24). The number of rotatable bonds is 4. The van der Waals surface area contributed by atoms with Gasteiger partial charge in [-0.3, -0.25) is 9.59 Å². The molecule has 0 aliphatic heterocycles. The van der Waals surface area contributed by atoms with Crippen LogP contribution in [-0.2, 0) is 0 Å². The fraction of sp³-hybridized carbons (Fsp3) is 0.200. The molecule has 5 nitrogen and oxygen atoms in total. The van der Waals surface area contributed by atoms with Crippen molar-refractivity contribution in [1.82, 2.24) is 5.32 Å². The number of benzene rings is 2. The molecule has 0 radical (unpaired) electrons. The lowest BCUT2D eigenvalue weighted by molar-refractivity contribution is 0.0945. The molecule has 25 heavy (non-hydrogen) atoms. The number of carbonyl (C=O) groups excluding carboxylic acids is 1. The predicted octanol–water partition coefficient (Wildman–Crippen LogP) is 2.80. The van der Waals surface area contributed by atoms with E-state index in [4.69, 9.17) is 9.52 Å². The van der Waals surface area contributed by atoms with Crippen LogP contribution in [0.25, 0.3) is 22.3 Å². The summed E-state index contributed by atoms with van der Waals surface area (Å²) in [7, 11) is 0. The Morgan fingerprint density at radius 1 is 1.12 bits per heavy atom. The summed E-state index contributed by atoms with van der Waals surface area (Å²) in [6, 6.07) is 12.1. The Bertz CT molecular complexity index is 987. The normalized spacial score (nSPS) is 10.8. The summed E-state index contributed by atoms with van der Waals surface area (Å²) in [4.78, 5) is 24.3. The first-order valence-electron chi connectivity index (χ1n) is 8.04. The predicted molar refractivity (Wildman–Crippen MR) is 96.8 cm³/mol. The van der Waals surface area contributed by atoms with E-state index in [9.17, 15) is 9.59 Å². The number of amides is 1. The maximum Gasteiger partial charge on any atom is 0.251 e. The van der Waals surface area contributed by atoms with Gasteiger partial charge in [0.2, 0.25) is 0 Å². The largest absolute Gasteiger partial charge is 0.456 e. The number of fused-ring (bicyclic) bond motifs is 1. The van der Waals surface area contributed by atoms with Gasteiger partial charge in [-0.1, -0.05) is 18.2 Å². The summed E-state index contributed by atoms with van der Waals surface area (Å²) >= 11 is 0. The molecular weight excluding hydrogens is 318 g/mol. The third-order valence-electron chi connectivity index (χ3n) is 3.99. The average molecular weight is 337 g/mol. The molecule has 1 aromatic heterocycles. The van der Waals surface area contributed by atoms with E-state index in [0.29, 0.717) is 22.3 Å². The van der Waals surface area contributed by atoms with Gasteiger partial charge in [0.15, 0.2) is 5.43 Å². The van der Waals surface area contributed by atoms with E-state index >= 15 is 0 Å². The summed E-state index contributed by atoms with van der Waals surface area (Å²) < 4.78 is 5.95. The number of aliphatic hydroxyl groups is 1. The highest BCUT2D eigenvalue weighted by Gasteiger charge is 2.11. The van der Waals surface area contributed by atoms with Crippen molar-refractivity contribution in [2.45, 2.75) is 13.8 Å². The zero-order chi connectivity index (χ0) is 18.0. The van der Waals surface area contributed by atoms with E-state index in [-0.39, 0.29) is 24.5 Å². The molecule has 0 bridgehead atoms. The molecule has 2 aromatic carbocycles. The van der Waals surface area contributed by atoms with Crippen LogP contribution in [0.3, 0.4) is 0 Å². The van der Waals surface area contributed by atoms with Crippen molar-refractivity contribution in [1.29, 1.82) is 0 Å². The van der Waals surface area contributed by atoms with E-state index in [2.05, 4.69) is 5.32 Å². The molecule has 0 fully saturated rings. The lowest BCUT2D eigenvalue weighted by atomic mass is 10.1. The molecule has 0 aliphatic rings. The maximum absolute atomic E-state index is 12.4. The molecule has 3 aromatic rings. The third kappa shape index (κ3) is 3.46. The fourth-order valence-corrected chi connectivity index (χ4v) is 2.81. The van der Waals surface area contributed by atoms with Crippen LogP contribution in [0.1, 0.15) is 21.5 Å². The number of nitrogens with one attached hydrogen (secondary N) is 1. The second-order valence-corrected chi connectivity index (χ2v) is 5.99. The van der Waals surface area contributed by atoms with E-state index < -0.39 is 0 Å². The first-order valence-corrected chi connectivity index (χ1v) is 8.04. The Morgan fingerprint density at radius 2 is 1.84 bits per heavy atom. The van der Waals surface area contributed by atoms with Crippen LogP contribution in [-0.4, -0.2) is 24.2 Å². The van der Waals surface area contributed by atoms with E-state index in [1.807, 2.05) is 26.0 Å². The lowest BCUT2D eigenvalue weighted by Crippen LogP contribution is -2.26. The van der Waals surface area contributed by atoms with Crippen LogP contribution in [0.5, 0.6) is 0 Å². The topological polar surface area (TPSA) is 79.5 Å². The Kier molecular flexibility index (Phi) is 4.67. The lowest BCUT2D eigenvalue weighted by Gasteiger charge is -2.08. The Labute approximate surface area is 144 Å². The second-order valence-electron chi connectivity index (χ2n) is 5.99. The Morgan fingerprint density at radius 3 is 2.52 bits per heavy atom. The Hall–Kier alpha value is -2.92. The van der Waals surface area contributed by atoms with Gasteiger partial charge in [-0.05, 0) is 43.2 Å². The highest BCUT2D eigenvalue weighted by molar-refractivity contribution is 5.94. The summed E-state index contributed by atoms with van der Waals surface area (Å²) in [5.41, 5.74) is 3.62. The monoisotopic (exact) mass is 337 g/mol. The molecule has 1 heterocycles. The molecule has 3 rings (SSSR count). The molecule has 5 heteroatoms. The minimum atomic E-state index is -0.258. The van der Waals surface area contributed by atoms with Gasteiger partial charge in [0.1, 0.15) is 11.3 Å². The summed E-state index contributed by atoms with van der Waals surface area (Å²) in [5.74, 6) is 0.207. The van der Waals surface area contributed by atoms with Crippen LogP contribution >= 0.6 is 0 Å². The molecule has 0 saturated heterocycles. The molecule has 0 saturated carbocycles. The number of hydrogen-bond acceptors (Lipinski definition) is 4. The van der Waals surface area contributed by atoms with Crippen LogP contribution in [0.4, 0.5) is 0 Å². The molecule has 0 spiro atoms. The van der Waals surface area contributed by atoms with Crippen LogP contribution in [0.2, 0.25) is 0 Å². The number of carbonyl (C=O) groups is 1. The van der Waals surface area contributed by atoms with Gasteiger partial charge in [0.25, 0.3) is 5.91 Å². The van der Waals surface area contributed by atoms with E-state index in [1.54, 1.807) is 24.3 Å². The number of aryl methyl sites for hydroxylation is 2. The van der Waals surface area contributed by atoms with Crippen molar-refractivity contribution in [2.24, 2.45) is 0 Å². The fourth-order valence-electron chi connectivity index (χ4n) is 2.81. The summed E-state index contributed by atoms with van der Waals surface area (Å²) in [6.45, 7) is 3.96. The minimum Gasteiger partial charge on any atom is -0.456 e. The van der Waals surface area contributed by atoms with Gasteiger partial charge in [-0.15, -0.1) is 0 Å². The van der Waals surface area contributed by atoms with Gasteiger partial charge in [0.05, 0.1) is 12.0 Å². The smallest absolute Gasteiger partial charge is 0.251 e. The van der Waals surface area contributed by atoms with Crippen LogP contribution in [0.15, 0.2) is 51.7 Å². The van der Waals surface area contributed by atoms with Gasteiger partial charge in [0, 0.05) is 23.7 Å². The molecule has 0 atom stereocenters. The van der Waals surface area contributed by atoms with Crippen molar-refractivity contribution in [3.05, 3.63) is 69.4 Å². The van der Waals surface area contributed by atoms with Crippen molar-refractivity contribution in [3.8, 4) is 11.3 Å². The molecule has 2 N–H and O–H groups in total. The SMILES string of the molecule is Cc1cc(C)c2oc(-c3ccc(C(=O)NCCO)cc3)cc(=O)c2c1. The van der Waals surface area contributed by atoms with Gasteiger partial charge in [-0.25, -0.2) is 0 Å². The molecule has 128 valence electrons. The van der Waals surface area contributed by atoms with E-state index in [1.165, 1.54) is 6.07 Å². The second kappa shape index (κ2) is 6.91. The van der Waals surface area contributed by atoms with Crippen molar-refractivity contribution < 1.29 is 14.3 Å². The minimum absolute atomic E-state index is 0.0900.